The van der Waals surface area contributed by atoms with Crippen molar-refractivity contribution in [2.45, 2.75) is 102 Å². The fraction of sp³-hybridized carbons (Fsp3) is 0.429. The molecule has 5 aromatic rings. The number of Topliss-reactive ketones (excluding diaryl/α,β-unsaturated/α-hetero) is 1. The maximum absolute atomic E-state index is 14.2. The van der Waals surface area contributed by atoms with E-state index in [1.165, 1.54) is 24.5 Å². The number of fused-ring (bicyclic) bond motifs is 7. The Hall–Kier alpha value is -8.32. The number of benzene rings is 4. The minimum absolute atomic E-state index is 0.00538. The summed E-state index contributed by atoms with van der Waals surface area (Å²) in [6, 6.07) is 26.5. The van der Waals surface area contributed by atoms with Gasteiger partial charge < -0.3 is 60.4 Å². The first-order valence-electron chi connectivity index (χ1n) is 28.8. The Balaban J connectivity index is 0.705. The fourth-order valence-electron chi connectivity index (χ4n) is 14.9. The Morgan fingerprint density at radius 2 is 1.58 bits per heavy atom. The molecule has 3 amide bonds. The van der Waals surface area contributed by atoms with Crippen LogP contribution in [-0.4, -0.2) is 150 Å². The summed E-state index contributed by atoms with van der Waals surface area (Å²) in [7, 11) is 0. The molecule has 23 heteroatoms. The van der Waals surface area contributed by atoms with E-state index in [-0.39, 0.29) is 78.6 Å². The summed E-state index contributed by atoms with van der Waals surface area (Å²) >= 11 is 0. The van der Waals surface area contributed by atoms with Crippen molar-refractivity contribution in [1.29, 1.82) is 0 Å². The maximum atomic E-state index is 14.2. The Morgan fingerprint density at radius 1 is 0.837 bits per heavy atom. The van der Waals surface area contributed by atoms with Crippen LogP contribution in [0.4, 0.5) is 21.9 Å². The SMILES string of the molecule is C[C@]12C=CC(=O)C=C1CC[C@@H]1[C@@H]2[C@@H](O)C[C@@]2(C)[C@H]1C[C@H]1CN(c3ccc(Cc4cccc(NC(=O)OCc5ccc(O[C@@H]6O[C@H](C(=O)O)[C@@H](O)[C@H](O)[C@H]6O)c(NC(=O)CCNC(=O)Cc6ccc(-c7nncnn7)cc6)c5)c4)cc3)C[C@]12C(=O)CO. The van der Waals surface area contributed by atoms with E-state index in [0.717, 1.165) is 41.6 Å². The van der Waals surface area contributed by atoms with Gasteiger partial charge in [-0.05, 0) is 126 Å². The molecule has 9 N–H and O–H groups in total. The number of aromatic nitrogens is 4. The van der Waals surface area contributed by atoms with Crippen LogP contribution in [0.5, 0.6) is 5.75 Å². The van der Waals surface area contributed by atoms with Crippen LogP contribution >= 0.6 is 0 Å². The first-order valence-corrected chi connectivity index (χ1v) is 28.8. The van der Waals surface area contributed by atoms with E-state index in [9.17, 15) is 59.4 Å². The Labute approximate surface area is 494 Å². The van der Waals surface area contributed by atoms with E-state index in [4.69, 9.17) is 14.2 Å². The largest absolute Gasteiger partial charge is 0.479 e. The third kappa shape index (κ3) is 11.5. The van der Waals surface area contributed by atoms with Gasteiger partial charge in [0.2, 0.25) is 23.9 Å². The van der Waals surface area contributed by atoms with Crippen molar-refractivity contribution in [3.05, 3.63) is 143 Å². The van der Waals surface area contributed by atoms with E-state index < -0.39 is 77.6 Å². The van der Waals surface area contributed by atoms with Crippen LogP contribution in [0.15, 0.2) is 121 Å². The van der Waals surface area contributed by atoms with Crippen molar-refractivity contribution in [2.75, 3.05) is 41.8 Å². The second-order valence-electron chi connectivity index (χ2n) is 23.9. The van der Waals surface area contributed by atoms with Crippen LogP contribution in [-0.2, 0) is 52.9 Å². The predicted octanol–water partition coefficient (Wildman–Crippen LogP) is 4.10. The number of carbonyl (C=O) groups excluding carboxylic acids is 5. The van der Waals surface area contributed by atoms with Gasteiger partial charge in [-0.1, -0.05) is 80.1 Å². The van der Waals surface area contributed by atoms with Crippen LogP contribution in [0.25, 0.3) is 11.4 Å². The molecule has 4 aliphatic carbocycles. The standard InChI is InChI=1S/C63H68N8O15/c1-61-20-18-43(73)26-39(61)13-16-44-45-27-40-29-71(32-63(40,49(75)30-72)62(45,2)28-47(74)52(44)61)42-14-8-34(9-15-42)22-36-4-3-5-41(23-36)67-60(83)84-31-37-10-17-48(85-59-55(80)53(78)54(79)56(86-59)58(81)82)46(24-37)68-50(76)19-21-64-51(77)25-35-6-11-38(12-7-35)57-69-65-33-66-70-57/h3-12,14-15,17-18,20,23-24,26,33,40,44-45,47,52-56,59,72,74,78-80H,13,16,19,21-22,25,27-32H2,1-2H3,(H,64,77)(H,67,83)(H,68,76)(H,81,82)/t40-,44-,45-,47-,52+,53-,54-,55+,56-,59+,61-,62-,63+/m0/s1. The number of aliphatic hydroxyl groups is 5. The van der Waals surface area contributed by atoms with Gasteiger partial charge >= 0.3 is 12.1 Å². The minimum atomic E-state index is -1.98. The van der Waals surface area contributed by atoms with Crippen molar-refractivity contribution in [3.8, 4) is 17.1 Å². The van der Waals surface area contributed by atoms with Crippen LogP contribution in [0.3, 0.4) is 0 Å². The Morgan fingerprint density at radius 3 is 2.33 bits per heavy atom. The zero-order chi connectivity index (χ0) is 60.7. The molecule has 86 heavy (non-hydrogen) atoms. The third-order valence-corrected chi connectivity index (χ3v) is 18.9. The van der Waals surface area contributed by atoms with E-state index in [1.807, 2.05) is 42.5 Å². The van der Waals surface area contributed by atoms with E-state index >= 15 is 0 Å². The lowest BCUT2D eigenvalue weighted by Crippen LogP contribution is -2.61. The number of aliphatic hydroxyl groups excluding tert-OH is 5. The average Bonchev–Trinajstić information content (AvgIpc) is 1.49. The zero-order valence-electron chi connectivity index (χ0n) is 47.3. The second-order valence-corrected chi connectivity index (χ2v) is 23.9. The van der Waals surface area contributed by atoms with E-state index in [1.54, 1.807) is 48.6 Å². The number of nitrogens with zero attached hydrogens (tertiary/aromatic N) is 5. The number of ether oxygens (including phenoxy) is 3. The smallest absolute Gasteiger partial charge is 0.411 e. The van der Waals surface area contributed by atoms with E-state index in [2.05, 4.69) is 55.1 Å². The summed E-state index contributed by atoms with van der Waals surface area (Å²) in [4.78, 5) is 80.2. The van der Waals surface area contributed by atoms with Crippen molar-refractivity contribution >= 4 is 52.5 Å². The fourth-order valence-corrected chi connectivity index (χ4v) is 14.9. The molecular weight excluding hydrogens is 1110 g/mol. The maximum Gasteiger partial charge on any atom is 0.411 e. The lowest BCUT2D eigenvalue weighted by atomic mass is 9.44. The molecule has 0 radical (unpaired) electrons. The predicted molar refractivity (Wildman–Crippen MR) is 308 cm³/mol. The van der Waals surface area contributed by atoms with Crippen molar-refractivity contribution in [1.82, 2.24) is 25.7 Å². The number of hydrogen-bond donors (Lipinski definition) is 9. The summed E-state index contributed by atoms with van der Waals surface area (Å²) in [6.07, 6.45) is -1.35. The molecule has 5 fully saturated rings. The molecule has 13 atom stereocenters. The third-order valence-electron chi connectivity index (χ3n) is 18.9. The van der Waals surface area contributed by atoms with Crippen LogP contribution in [0, 0.1) is 39.9 Å². The highest BCUT2D eigenvalue weighted by Crippen LogP contribution is 2.72. The molecule has 2 saturated heterocycles. The molecule has 4 aromatic carbocycles. The molecule has 23 nitrogen and oxygen atoms in total. The normalized spacial score (nSPS) is 29.7. The van der Waals surface area contributed by atoms with E-state index in [0.29, 0.717) is 54.1 Å². The number of carboxylic acid groups (broad SMARTS) is 1. The Kier molecular flexibility index (Phi) is 16.7. The number of anilines is 3. The second kappa shape index (κ2) is 24.2. The van der Waals surface area contributed by atoms with Gasteiger partial charge in [-0.3, -0.25) is 24.5 Å². The molecule has 0 bridgehead atoms. The molecule has 450 valence electrons. The summed E-state index contributed by atoms with van der Waals surface area (Å²) in [5.41, 5.74) is 4.23. The first-order chi connectivity index (χ1) is 41.3. The molecule has 2 aliphatic heterocycles. The number of carboxylic acids is 1. The highest BCUT2D eigenvalue weighted by molar-refractivity contribution is 6.01. The summed E-state index contributed by atoms with van der Waals surface area (Å²) < 4.78 is 16.7. The molecule has 6 aliphatic rings. The summed E-state index contributed by atoms with van der Waals surface area (Å²) in [6.45, 7) is 4.45. The number of nitrogens with one attached hydrogen (secondary N) is 3. The monoisotopic (exact) mass is 1180 g/mol. The molecule has 11 rings (SSSR count). The molecule has 3 saturated carbocycles. The molecule has 3 heterocycles. The highest BCUT2D eigenvalue weighted by Gasteiger charge is 2.73. The number of aliphatic carboxylic acids is 1. The van der Waals surface area contributed by atoms with Crippen LogP contribution in [0.2, 0.25) is 0 Å². The van der Waals surface area contributed by atoms with Gasteiger partial charge in [-0.25, -0.2) is 9.59 Å². The number of allylic oxidation sites excluding steroid dienone is 4. The van der Waals surface area contributed by atoms with Gasteiger partial charge in [0.1, 0.15) is 37.3 Å². The van der Waals surface area contributed by atoms with Gasteiger partial charge in [0.05, 0.1) is 23.6 Å². The topological polar surface area (TPSA) is 342 Å². The lowest BCUT2D eigenvalue weighted by molar-refractivity contribution is -0.271. The Bertz CT molecular complexity index is 3480. The molecule has 1 aromatic heterocycles. The van der Waals surface area contributed by atoms with Gasteiger partial charge in [0.25, 0.3) is 0 Å². The van der Waals surface area contributed by atoms with Gasteiger partial charge in [-0.15, -0.1) is 20.4 Å². The number of carbonyl (C=O) groups is 6. The van der Waals surface area contributed by atoms with Crippen molar-refractivity contribution < 1.29 is 73.6 Å². The zero-order valence-corrected chi connectivity index (χ0v) is 47.3. The van der Waals surface area contributed by atoms with Gasteiger partial charge in [0, 0.05) is 54.3 Å². The van der Waals surface area contributed by atoms with Crippen LogP contribution in [0.1, 0.15) is 68.2 Å². The van der Waals surface area contributed by atoms with Crippen molar-refractivity contribution in [3.63, 3.8) is 0 Å². The van der Waals surface area contributed by atoms with Crippen LogP contribution < -0.4 is 25.6 Å². The number of amides is 3. The quantitative estimate of drug-likeness (QED) is 0.0596. The highest BCUT2D eigenvalue weighted by atomic mass is 16.7. The molecular formula is C63H68N8O15. The number of rotatable bonds is 18. The lowest BCUT2D eigenvalue weighted by Gasteiger charge is -2.60. The minimum Gasteiger partial charge on any atom is -0.479 e. The number of hydrogen-bond acceptors (Lipinski definition) is 19. The molecule has 0 spiro atoms. The first kappa shape index (κ1) is 59.4. The summed E-state index contributed by atoms with van der Waals surface area (Å²) in [5, 5.41) is 87.0. The molecule has 0 unspecified atom stereocenters. The number of ketones is 2. The van der Waals surface area contributed by atoms with Gasteiger partial charge in [0.15, 0.2) is 24.0 Å². The average molecular weight is 1180 g/mol. The summed E-state index contributed by atoms with van der Waals surface area (Å²) in [5.74, 6) is -2.33. The van der Waals surface area contributed by atoms with Crippen molar-refractivity contribution in [2.24, 2.45) is 39.9 Å². The van der Waals surface area contributed by atoms with Gasteiger partial charge in [-0.2, -0.15) is 0 Å².